The fourth-order valence-electron chi connectivity index (χ4n) is 10.4. The number of fused-ring (bicyclic) bond motifs is 6. The van der Waals surface area contributed by atoms with Crippen LogP contribution in [0.2, 0.25) is 0 Å². The van der Waals surface area contributed by atoms with Gasteiger partial charge in [0.25, 0.3) is 0 Å². The lowest BCUT2D eigenvalue weighted by Gasteiger charge is -2.35. The van der Waals surface area contributed by atoms with Gasteiger partial charge >= 0.3 is 0 Å². The molecule has 0 saturated heterocycles. The normalized spacial score (nSPS) is 11.8. The third-order valence-corrected chi connectivity index (χ3v) is 19.5. The average Bonchev–Trinajstić information content (AvgIpc) is 3.97. The Labute approximate surface area is 405 Å². The van der Waals surface area contributed by atoms with Crippen molar-refractivity contribution >= 4 is 82.1 Å². The molecule has 13 rings (SSSR count). The van der Waals surface area contributed by atoms with Crippen LogP contribution in [0.4, 0.5) is 0 Å². The molecule has 0 fully saturated rings. The number of hydrogen-bond donors (Lipinski definition) is 0. The van der Waals surface area contributed by atoms with Crippen molar-refractivity contribution in [3.63, 3.8) is 0 Å². The van der Waals surface area contributed by atoms with E-state index in [4.69, 9.17) is 15.0 Å². The highest BCUT2D eigenvalue weighted by molar-refractivity contribution is 7.25. The molecule has 0 aliphatic rings. The number of thiophene rings is 1. The van der Waals surface area contributed by atoms with Crippen molar-refractivity contribution in [2.45, 2.75) is 0 Å². The smallest absolute Gasteiger partial charge is 0.238 e. The lowest BCUT2D eigenvalue weighted by molar-refractivity contribution is 0.954. The van der Waals surface area contributed by atoms with Crippen LogP contribution >= 0.6 is 11.3 Å². The third-order valence-electron chi connectivity index (χ3n) is 13.6. The Morgan fingerprint density at radius 3 is 1.41 bits per heavy atom. The summed E-state index contributed by atoms with van der Waals surface area (Å²) in [6.07, 6.45) is 0. The molecule has 4 nitrogen and oxygen atoms in total. The van der Waals surface area contributed by atoms with Gasteiger partial charge in [0.1, 0.15) is 0 Å². The standard InChI is InChI=1S/C63H42N4SSi/c1-5-19-43(20-6-1)45-23-17-29-51(39-45)69(49-25-9-3-10-26-49,50-27-11-4-12-28-50)52-30-18-24-47(40-52)61-64-62(48-36-38-60-56(42-48)54-32-14-16-34-59(54)68-60)66-63(65-61)67-57-33-15-13-31-53(57)55-41-46(35-37-58(55)67)44-21-7-2-8-22-44/h1-42H. The Morgan fingerprint density at radius 1 is 0.290 bits per heavy atom. The van der Waals surface area contributed by atoms with Crippen molar-refractivity contribution in [3.8, 4) is 51.0 Å². The summed E-state index contributed by atoms with van der Waals surface area (Å²) in [5.41, 5.74) is 8.65. The summed E-state index contributed by atoms with van der Waals surface area (Å²) >= 11 is 1.81. The van der Waals surface area contributed by atoms with Gasteiger partial charge in [-0.25, -0.2) is 4.98 Å². The quantitative estimate of drug-likeness (QED) is 0.107. The highest BCUT2D eigenvalue weighted by Gasteiger charge is 2.42. The first-order valence-electron chi connectivity index (χ1n) is 23.3. The molecule has 324 valence electrons. The van der Waals surface area contributed by atoms with E-state index in [9.17, 15) is 0 Å². The van der Waals surface area contributed by atoms with Crippen molar-refractivity contribution < 1.29 is 0 Å². The Morgan fingerprint density at radius 2 is 0.739 bits per heavy atom. The second-order valence-electron chi connectivity index (χ2n) is 17.6. The topological polar surface area (TPSA) is 43.6 Å². The molecule has 0 N–H and O–H groups in total. The van der Waals surface area contributed by atoms with Crippen molar-refractivity contribution in [1.29, 1.82) is 0 Å². The number of hydrogen-bond acceptors (Lipinski definition) is 4. The van der Waals surface area contributed by atoms with Gasteiger partial charge in [-0.1, -0.05) is 212 Å². The van der Waals surface area contributed by atoms with E-state index in [1.807, 2.05) is 11.3 Å². The van der Waals surface area contributed by atoms with Crippen LogP contribution in [0.1, 0.15) is 0 Å². The minimum absolute atomic E-state index is 0.569. The van der Waals surface area contributed by atoms with Crippen LogP contribution in [0.5, 0.6) is 0 Å². The lowest BCUT2D eigenvalue weighted by Crippen LogP contribution is -2.74. The van der Waals surface area contributed by atoms with E-state index in [2.05, 4.69) is 259 Å². The van der Waals surface area contributed by atoms with Crippen LogP contribution in [0.15, 0.2) is 255 Å². The number of rotatable bonds is 9. The van der Waals surface area contributed by atoms with Gasteiger partial charge in [0.15, 0.2) is 19.7 Å². The Balaban J connectivity index is 1.06. The van der Waals surface area contributed by atoms with Crippen molar-refractivity contribution in [3.05, 3.63) is 255 Å². The average molecular weight is 915 g/mol. The maximum Gasteiger partial charge on any atom is 0.238 e. The van der Waals surface area contributed by atoms with E-state index in [-0.39, 0.29) is 0 Å². The van der Waals surface area contributed by atoms with Gasteiger partial charge in [0.2, 0.25) is 5.95 Å². The molecule has 0 amide bonds. The minimum Gasteiger partial charge on any atom is -0.278 e. The Hall–Kier alpha value is -8.55. The molecular weight excluding hydrogens is 873 g/mol. The predicted molar refractivity (Wildman–Crippen MR) is 292 cm³/mol. The molecule has 3 heterocycles. The van der Waals surface area contributed by atoms with Gasteiger partial charge < -0.3 is 0 Å². The Kier molecular flexibility index (Phi) is 10.00. The van der Waals surface area contributed by atoms with Gasteiger partial charge in [-0.15, -0.1) is 11.3 Å². The summed E-state index contributed by atoms with van der Waals surface area (Å²) in [6, 6.07) is 92.3. The second kappa shape index (κ2) is 17.0. The van der Waals surface area contributed by atoms with Gasteiger partial charge in [-0.2, -0.15) is 9.97 Å². The van der Waals surface area contributed by atoms with E-state index in [1.54, 1.807) is 0 Å². The van der Waals surface area contributed by atoms with Crippen LogP contribution in [0, 0.1) is 0 Å². The number of benzene rings is 10. The molecule has 69 heavy (non-hydrogen) atoms. The third kappa shape index (κ3) is 7.00. The summed E-state index contributed by atoms with van der Waals surface area (Å²) in [7, 11) is -3.00. The van der Waals surface area contributed by atoms with E-state index < -0.39 is 8.07 Å². The molecule has 0 atom stereocenters. The molecule has 0 saturated carbocycles. The Bertz CT molecular complexity index is 3980. The summed E-state index contributed by atoms with van der Waals surface area (Å²) in [5, 5.41) is 9.85. The number of aromatic nitrogens is 4. The van der Waals surface area contributed by atoms with Crippen LogP contribution in [-0.2, 0) is 0 Å². The van der Waals surface area contributed by atoms with Crippen molar-refractivity contribution in [2.75, 3.05) is 0 Å². The zero-order valence-corrected chi connectivity index (χ0v) is 39.3. The molecular formula is C63H42N4SSi. The van der Waals surface area contributed by atoms with Gasteiger partial charge in [0.05, 0.1) is 11.0 Å². The van der Waals surface area contributed by atoms with Crippen LogP contribution < -0.4 is 20.7 Å². The zero-order valence-electron chi connectivity index (χ0n) is 37.4. The van der Waals surface area contributed by atoms with Crippen molar-refractivity contribution in [1.82, 2.24) is 19.5 Å². The maximum atomic E-state index is 5.51. The molecule has 13 aromatic rings. The second-order valence-corrected chi connectivity index (χ2v) is 22.4. The fourth-order valence-corrected chi connectivity index (χ4v) is 16.3. The van der Waals surface area contributed by atoms with Crippen molar-refractivity contribution in [2.24, 2.45) is 0 Å². The maximum absolute atomic E-state index is 5.51. The van der Waals surface area contributed by atoms with Gasteiger partial charge in [0, 0.05) is 42.1 Å². The predicted octanol–water partition coefficient (Wildman–Crippen LogP) is 13.4. The summed E-state index contributed by atoms with van der Waals surface area (Å²) in [5.74, 6) is 1.80. The van der Waals surface area contributed by atoms with Gasteiger partial charge in [-0.3, -0.25) is 4.57 Å². The summed E-state index contributed by atoms with van der Waals surface area (Å²) in [6.45, 7) is 0. The molecule has 0 unspecified atom stereocenters. The molecule has 0 aliphatic heterocycles. The van der Waals surface area contributed by atoms with E-state index in [0.29, 0.717) is 17.6 Å². The molecule has 0 aliphatic carbocycles. The highest BCUT2D eigenvalue weighted by Crippen LogP contribution is 2.38. The van der Waals surface area contributed by atoms with Crippen LogP contribution in [-0.4, -0.2) is 27.6 Å². The van der Waals surface area contributed by atoms with Crippen LogP contribution in [0.25, 0.3) is 93.0 Å². The lowest BCUT2D eigenvalue weighted by atomic mass is 10.0. The largest absolute Gasteiger partial charge is 0.278 e. The highest BCUT2D eigenvalue weighted by atomic mass is 32.1. The first kappa shape index (κ1) is 40.7. The summed E-state index contributed by atoms with van der Waals surface area (Å²) < 4.78 is 4.72. The van der Waals surface area contributed by atoms with E-state index in [1.165, 1.54) is 57.6 Å². The van der Waals surface area contributed by atoms with Crippen LogP contribution in [0.3, 0.4) is 0 Å². The molecule has 10 aromatic carbocycles. The van der Waals surface area contributed by atoms with E-state index >= 15 is 0 Å². The molecule has 6 heteroatoms. The summed E-state index contributed by atoms with van der Waals surface area (Å²) in [4.78, 5) is 16.4. The fraction of sp³-hybridized carbons (Fsp3) is 0. The number of nitrogens with zero attached hydrogens (tertiary/aromatic N) is 4. The molecule has 0 bridgehead atoms. The van der Waals surface area contributed by atoms with E-state index in [0.717, 1.165) is 38.5 Å². The first-order chi connectivity index (χ1) is 34.2. The monoisotopic (exact) mass is 914 g/mol. The first-order valence-corrected chi connectivity index (χ1v) is 26.2. The SMILES string of the molecule is c1ccc(-c2cccc([Si](c3ccccc3)(c3ccccc3)c3cccc(-c4nc(-c5ccc6sc7ccccc7c6c5)nc(-n5c6ccccc6c6cc(-c7ccccc7)ccc65)n4)c3)c2)cc1. The zero-order chi connectivity index (χ0) is 45.7. The molecule has 3 aromatic heterocycles. The minimum atomic E-state index is -3.00. The molecule has 0 radical (unpaired) electrons. The number of para-hydroxylation sites is 1. The van der Waals surface area contributed by atoms with Gasteiger partial charge in [-0.05, 0) is 85.5 Å². The molecule has 0 spiro atoms.